The zero-order chi connectivity index (χ0) is 9.60. The first-order chi connectivity index (χ1) is 6.80. The third-order valence-electron chi connectivity index (χ3n) is 2.76. The highest BCUT2D eigenvalue weighted by atomic mass is 35.5. The minimum atomic E-state index is -0.345. The smallest absolute Gasteiger partial charge is 0.222 e. The van der Waals surface area contributed by atoms with E-state index < -0.39 is 0 Å². The predicted octanol–water partition coefficient (Wildman–Crippen LogP) is 1.28. The average Bonchev–Trinajstić information content (AvgIpc) is 2.77. The molecule has 1 unspecified atom stereocenters. The molecular formula is C9H9ClN2O2. The maximum atomic E-state index is 5.77. The van der Waals surface area contributed by atoms with E-state index in [-0.39, 0.29) is 10.9 Å². The van der Waals surface area contributed by atoms with Gasteiger partial charge in [0, 0.05) is 24.8 Å². The van der Waals surface area contributed by atoms with Gasteiger partial charge in [-0.15, -0.1) is 0 Å². The van der Waals surface area contributed by atoms with E-state index in [9.17, 15) is 0 Å². The summed E-state index contributed by atoms with van der Waals surface area (Å²) in [6.45, 7) is 1.87. The molecule has 1 spiro atoms. The van der Waals surface area contributed by atoms with Gasteiger partial charge in [-0.05, 0) is 11.6 Å². The topological polar surface area (TPSA) is 44.2 Å². The Hall–Kier alpha value is -0.710. The summed E-state index contributed by atoms with van der Waals surface area (Å²) in [4.78, 5) is 8.18. The van der Waals surface area contributed by atoms with Gasteiger partial charge in [-0.1, -0.05) is 0 Å². The van der Waals surface area contributed by atoms with Gasteiger partial charge in [-0.3, -0.25) is 0 Å². The number of rotatable bonds is 0. The molecule has 1 atom stereocenters. The number of halogens is 1. The van der Waals surface area contributed by atoms with Crippen LogP contribution in [0.5, 0.6) is 0 Å². The Balaban J connectivity index is 2.12. The van der Waals surface area contributed by atoms with Crippen molar-refractivity contribution in [2.24, 2.45) is 0 Å². The Morgan fingerprint density at radius 2 is 2.43 bits per heavy atom. The van der Waals surface area contributed by atoms with E-state index in [1.54, 1.807) is 6.20 Å². The Bertz CT molecular complexity index is 377. The third-order valence-corrected chi connectivity index (χ3v) is 2.94. The molecule has 0 saturated carbocycles. The summed E-state index contributed by atoms with van der Waals surface area (Å²) >= 11 is 5.77. The molecule has 0 aromatic carbocycles. The maximum absolute atomic E-state index is 5.77. The van der Waals surface area contributed by atoms with Crippen molar-refractivity contribution in [3.8, 4) is 0 Å². The van der Waals surface area contributed by atoms with E-state index in [2.05, 4.69) is 9.97 Å². The van der Waals surface area contributed by atoms with Crippen molar-refractivity contribution >= 4 is 11.6 Å². The summed E-state index contributed by atoms with van der Waals surface area (Å²) < 4.78 is 11.1. The Morgan fingerprint density at radius 3 is 3.21 bits per heavy atom. The van der Waals surface area contributed by atoms with Crippen molar-refractivity contribution in [2.75, 3.05) is 13.2 Å². The number of nitrogens with zero attached hydrogens (tertiary/aromatic N) is 2. The average molecular weight is 213 g/mol. The number of hydrogen-bond acceptors (Lipinski definition) is 4. The van der Waals surface area contributed by atoms with E-state index in [1.807, 2.05) is 0 Å². The van der Waals surface area contributed by atoms with Crippen LogP contribution in [-0.4, -0.2) is 23.2 Å². The molecule has 1 saturated heterocycles. The first kappa shape index (κ1) is 8.59. The molecule has 0 aliphatic carbocycles. The van der Waals surface area contributed by atoms with Crippen LogP contribution in [0.25, 0.3) is 0 Å². The fraction of sp³-hybridized carbons (Fsp3) is 0.556. The van der Waals surface area contributed by atoms with Gasteiger partial charge in [0.05, 0.1) is 18.9 Å². The molecule has 1 fully saturated rings. The minimum Gasteiger partial charge on any atom is -0.378 e. The standard InChI is InChI=1S/C9H9ClN2O2/c10-8-11-3-6-4-14-9(7(6)12-8)1-2-13-5-9/h3H,1-2,4-5H2. The van der Waals surface area contributed by atoms with Crippen LogP contribution in [0.1, 0.15) is 17.7 Å². The molecule has 74 valence electrons. The van der Waals surface area contributed by atoms with Crippen molar-refractivity contribution in [1.29, 1.82) is 0 Å². The van der Waals surface area contributed by atoms with E-state index >= 15 is 0 Å². The van der Waals surface area contributed by atoms with E-state index in [4.69, 9.17) is 21.1 Å². The molecule has 2 aliphatic rings. The summed E-state index contributed by atoms with van der Waals surface area (Å²) in [5.74, 6) is 0. The molecule has 3 heterocycles. The van der Waals surface area contributed by atoms with Crippen LogP contribution in [0.15, 0.2) is 6.20 Å². The van der Waals surface area contributed by atoms with E-state index in [0.29, 0.717) is 13.2 Å². The van der Waals surface area contributed by atoms with Crippen LogP contribution in [0, 0.1) is 0 Å². The zero-order valence-corrected chi connectivity index (χ0v) is 8.25. The molecule has 0 N–H and O–H groups in total. The summed E-state index contributed by atoms with van der Waals surface area (Å²) in [6, 6.07) is 0. The summed E-state index contributed by atoms with van der Waals surface area (Å²) in [5.41, 5.74) is 1.59. The van der Waals surface area contributed by atoms with Gasteiger partial charge in [0.25, 0.3) is 0 Å². The largest absolute Gasteiger partial charge is 0.378 e. The van der Waals surface area contributed by atoms with Crippen LogP contribution < -0.4 is 0 Å². The van der Waals surface area contributed by atoms with Crippen molar-refractivity contribution in [1.82, 2.24) is 9.97 Å². The summed E-state index contributed by atoms with van der Waals surface area (Å²) in [5, 5.41) is 0.278. The van der Waals surface area contributed by atoms with E-state index in [1.165, 1.54) is 0 Å². The van der Waals surface area contributed by atoms with Gasteiger partial charge in [0.2, 0.25) is 5.28 Å². The van der Waals surface area contributed by atoms with Gasteiger partial charge in [-0.25, -0.2) is 9.97 Å². The van der Waals surface area contributed by atoms with Crippen LogP contribution in [0.4, 0.5) is 0 Å². The third kappa shape index (κ3) is 1.08. The van der Waals surface area contributed by atoms with Crippen LogP contribution in [-0.2, 0) is 21.7 Å². The lowest BCUT2D eigenvalue weighted by Crippen LogP contribution is -2.26. The normalized spacial score (nSPS) is 29.8. The van der Waals surface area contributed by atoms with Crippen LogP contribution >= 0.6 is 11.6 Å². The molecule has 2 aliphatic heterocycles. The highest BCUT2D eigenvalue weighted by molar-refractivity contribution is 6.28. The molecule has 0 bridgehead atoms. The van der Waals surface area contributed by atoms with Crippen molar-refractivity contribution < 1.29 is 9.47 Å². The quantitative estimate of drug-likeness (QED) is 0.608. The van der Waals surface area contributed by atoms with E-state index in [0.717, 1.165) is 24.3 Å². The van der Waals surface area contributed by atoms with Gasteiger partial charge in [0.15, 0.2) is 0 Å². The molecule has 5 heteroatoms. The second kappa shape index (κ2) is 2.89. The lowest BCUT2D eigenvalue weighted by atomic mass is 9.98. The predicted molar refractivity (Wildman–Crippen MR) is 48.9 cm³/mol. The van der Waals surface area contributed by atoms with Crippen molar-refractivity contribution in [3.05, 3.63) is 22.7 Å². The number of fused-ring (bicyclic) bond motifs is 2. The molecule has 1 aromatic rings. The van der Waals surface area contributed by atoms with Gasteiger partial charge in [-0.2, -0.15) is 0 Å². The maximum Gasteiger partial charge on any atom is 0.222 e. The number of hydrogen-bond donors (Lipinski definition) is 0. The minimum absolute atomic E-state index is 0.278. The lowest BCUT2D eigenvalue weighted by molar-refractivity contribution is -0.0441. The summed E-state index contributed by atoms with van der Waals surface area (Å²) in [6.07, 6.45) is 2.59. The van der Waals surface area contributed by atoms with Gasteiger partial charge in [0.1, 0.15) is 5.60 Å². The second-order valence-electron chi connectivity index (χ2n) is 3.60. The van der Waals surface area contributed by atoms with Crippen molar-refractivity contribution in [2.45, 2.75) is 18.6 Å². The Morgan fingerprint density at radius 1 is 1.50 bits per heavy atom. The molecule has 3 rings (SSSR count). The highest BCUT2D eigenvalue weighted by Gasteiger charge is 2.45. The first-order valence-electron chi connectivity index (χ1n) is 4.54. The summed E-state index contributed by atoms with van der Waals surface area (Å²) in [7, 11) is 0. The number of aromatic nitrogens is 2. The zero-order valence-electron chi connectivity index (χ0n) is 7.49. The number of ether oxygens (including phenoxy) is 2. The highest BCUT2D eigenvalue weighted by Crippen LogP contribution is 2.41. The fourth-order valence-corrected chi connectivity index (χ4v) is 2.15. The second-order valence-corrected chi connectivity index (χ2v) is 3.94. The molecule has 0 amide bonds. The molecular weight excluding hydrogens is 204 g/mol. The fourth-order valence-electron chi connectivity index (χ4n) is 2.02. The Kier molecular flexibility index (Phi) is 1.77. The molecule has 0 radical (unpaired) electrons. The lowest BCUT2D eigenvalue weighted by Gasteiger charge is -2.19. The van der Waals surface area contributed by atoms with Crippen LogP contribution in [0.3, 0.4) is 0 Å². The Labute approximate surface area is 86.2 Å². The molecule has 4 nitrogen and oxygen atoms in total. The van der Waals surface area contributed by atoms with Gasteiger partial charge < -0.3 is 9.47 Å². The van der Waals surface area contributed by atoms with Gasteiger partial charge >= 0.3 is 0 Å². The first-order valence-corrected chi connectivity index (χ1v) is 4.92. The molecule has 14 heavy (non-hydrogen) atoms. The molecule has 1 aromatic heterocycles. The SMILES string of the molecule is Clc1ncc2c(n1)C1(CCOC1)OC2. The van der Waals surface area contributed by atoms with Crippen molar-refractivity contribution in [3.63, 3.8) is 0 Å². The monoisotopic (exact) mass is 212 g/mol. The van der Waals surface area contributed by atoms with Crippen LogP contribution in [0.2, 0.25) is 5.28 Å².